The average molecular weight is 582 g/mol. The number of methoxy groups -OCH3 is 6. The Bertz CT molecular complexity index is 1170. The van der Waals surface area contributed by atoms with E-state index in [0.29, 0.717) is 42.9 Å². The van der Waals surface area contributed by atoms with Crippen LogP contribution in [0.15, 0.2) is 24.3 Å². The van der Waals surface area contributed by atoms with Gasteiger partial charge in [0.15, 0.2) is 23.0 Å². The number of rotatable bonds is 13. The summed E-state index contributed by atoms with van der Waals surface area (Å²) >= 11 is 0. The van der Waals surface area contributed by atoms with Crippen LogP contribution in [0, 0.1) is 0 Å². The molecule has 0 N–H and O–H groups in total. The minimum atomic E-state index is -3.96. The third kappa shape index (κ3) is 6.86. The molecule has 10 nitrogen and oxygen atoms in total. The lowest BCUT2D eigenvalue weighted by Crippen LogP contribution is -2.53. The Kier molecular flexibility index (Phi) is 10.8. The number of carbonyl (C=O) groups is 2. The Balaban J connectivity index is 1.70. The SMILES string of the molecule is COc1cc(CCCOC(=O)C2CCCCN2C(=O)C(F)(F)c2cc(OC)c(OC)c(OC)c2)cc(OC)c1OC. The van der Waals surface area contributed by atoms with Gasteiger partial charge >= 0.3 is 11.9 Å². The molecule has 41 heavy (non-hydrogen) atoms. The number of nitrogens with zero attached hydrogens (tertiary/aromatic N) is 1. The van der Waals surface area contributed by atoms with E-state index in [0.717, 1.165) is 22.6 Å². The fraction of sp³-hybridized carbons (Fsp3) is 0.517. The molecule has 1 aliphatic heterocycles. The van der Waals surface area contributed by atoms with E-state index in [1.54, 1.807) is 12.1 Å². The predicted octanol–water partition coefficient (Wildman–Crippen LogP) is 4.39. The summed E-state index contributed by atoms with van der Waals surface area (Å²) < 4.78 is 68.2. The quantitative estimate of drug-likeness (QED) is 0.252. The number of hydrogen-bond donors (Lipinski definition) is 0. The molecule has 226 valence electrons. The third-order valence-electron chi connectivity index (χ3n) is 6.91. The fourth-order valence-electron chi connectivity index (χ4n) is 4.81. The maximum absolute atomic E-state index is 15.6. The van der Waals surface area contributed by atoms with E-state index in [-0.39, 0.29) is 36.8 Å². The van der Waals surface area contributed by atoms with Crippen molar-refractivity contribution < 1.29 is 51.5 Å². The summed E-state index contributed by atoms with van der Waals surface area (Å²) in [6, 6.07) is 4.54. The summed E-state index contributed by atoms with van der Waals surface area (Å²) in [5.74, 6) is -4.62. The number of hydrogen-bond acceptors (Lipinski definition) is 9. The lowest BCUT2D eigenvalue weighted by atomic mass is 9.99. The second-order valence-electron chi connectivity index (χ2n) is 9.30. The van der Waals surface area contributed by atoms with Crippen LogP contribution in [-0.2, 0) is 26.7 Å². The second kappa shape index (κ2) is 14.1. The molecule has 0 bridgehead atoms. The van der Waals surface area contributed by atoms with Crippen LogP contribution >= 0.6 is 0 Å². The lowest BCUT2D eigenvalue weighted by molar-refractivity contribution is -0.171. The highest BCUT2D eigenvalue weighted by Gasteiger charge is 2.48. The number of likely N-dealkylation sites (tertiary alicyclic amines) is 1. The van der Waals surface area contributed by atoms with Gasteiger partial charge in [0.05, 0.1) is 49.3 Å². The number of amides is 1. The Labute approximate surface area is 238 Å². The van der Waals surface area contributed by atoms with Crippen LogP contribution < -0.4 is 28.4 Å². The first kappa shape index (κ1) is 31.6. The van der Waals surface area contributed by atoms with Crippen molar-refractivity contribution in [2.45, 2.75) is 44.1 Å². The van der Waals surface area contributed by atoms with Crippen molar-refractivity contribution >= 4 is 11.9 Å². The van der Waals surface area contributed by atoms with Crippen LogP contribution in [0.25, 0.3) is 0 Å². The second-order valence-corrected chi connectivity index (χ2v) is 9.30. The molecule has 1 fully saturated rings. The number of benzene rings is 2. The third-order valence-corrected chi connectivity index (χ3v) is 6.91. The molecule has 0 aliphatic carbocycles. The highest BCUT2D eigenvalue weighted by Crippen LogP contribution is 2.44. The van der Waals surface area contributed by atoms with Gasteiger partial charge < -0.3 is 38.1 Å². The number of carbonyl (C=O) groups excluding carboxylic acids is 2. The summed E-state index contributed by atoms with van der Waals surface area (Å²) in [5.41, 5.74) is 0.232. The van der Waals surface area contributed by atoms with Crippen molar-refractivity contribution in [1.82, 2.24) is 4.90 Å². The summed E-state index contributed by atoms with van der Waals surface area (Å²) in [6.07, 6.45) is 2.29. The molecule has 0 spiro atoms. The highest BCUT2D eigenvalue weighted by atomic mass is 19.3. The maximum atomic E-state index is 15.6. The van der Waals surface area contributed by atoms with Gasteiger partial charge in [-0.15, -0.1) is 0 Å². The highest BCUT2D eigenvalue weighted by molar-refractivity contribution is 5.90. The van der Waals surface area contributed by atoms with Gasteiger partial charge in [-0.3, -0.25) is 4.79 Å². The van der Waals surface area contributed by atoms with Crippen molar-refractivity contribution in [3.8, 4) is 34.5 Å². The number of alkyl halides is 2. The zero-order valence-electron chi connectivity index (χ0n) is 24.2. The first-order valence-corrected chi connectivity index (χ1v) is 13.1. The van der Waals surface area contributed by atoms with Gasteiger partial charge in [-0.2, -0.15) is 8.78 Å². The van der Waals surface area contributed by atoms with Crippen LogP contribution in [0.4, 0.5) is 8.78 Å². The lowest BCUT2D eigenvalue weighted by Gasteiger charge is -2.36. The van der Waals surface area contributed by atoms with Crippen LogP contribution in [0.3, 0.4) is 0 Å². The Morgan fingerprint density at radius 2 is 1.32 bits per heavy atom. The van der Waals surface area contributed by atoms with E-state index in [2.05, 4.69) is 0 Å². The molecule has 1 unspecified atom stereocenters. The zero-order chi connectivity index (χ0) is 30.2. The van der Waals surface area contributed by atoms with Crippen LogP contribution in [-0.4, -0.2) is 78.6 Å². The minimum absolute atomic E-state index is 0.00402. The molecule has 3 rings (SSSR count). The summed E-state index contributed by atoms with van der Waals surface area (Å²) in [4.78, 5) is 27.1. The van der Waals surface area contributed by atoms with Crippen LogP contribution in [0.2, 0.25) is 0 Å². The smallest absolute Gasteiger partial charge is 0.350 e. The molecule has 0 radical (unpaired) electrons. The number of ether oxygens (including phenoxy) is 7. The number of esters is 1. The summed E-state index contributed by atoms with van der Waals surface area (Å²) in [6.45, 7) is 0.0430. The Morgan fingerprint density at radius 1 is 0.805 bits per heavy atom. The van der Waals surface area contributed by atoms with Gasteiger partial charge in [0, 0.05) is 12.1 Å². The topological polar surface area (TPSA) is 102 Å². The molecule has 2 aromatic carbocycles. The number of piperidine rings is 1. The van der Waals surface area contributed by atoms with E-state index in [4.69, 9.17) is 33.2 Å². The van der Waals surface area contributed by atoms with Gasteiger partial charge in [0.25, 0.3) is 5.91 Å². The molecule has 1 atom stereocenters. The van der Waals surface area contributed by atoms with Crippen molar-refractivity contribution in [3.63, 3.8) is 0 Å². The molecular weight excluding hydrogens is 544 g/mol. The molecule has 1 amide bonds. The molecule has 12 heteroatoms. The van der Waals surface area contributed by atoms with Crippen molar-refractivity contribution in [1.29, 1.82) is 0 Å². The summed E-state index contributed by atoms with van der Waals surface area (Å²) in [5, 5.41) is 0. The Hall–Kier alpha value is -3.96. The molecule has 1 aliphatic rings. The first-order valence-electron chi connectivity index (χ1n) is 13.1. The van der Waals surface area contributed by atoms with Crippen molar-refractivity contribution in [2.75, 3.05) is 55.8 Å². The molecule has 1 saturated heterocycles. The van der Waals surface area contributed by atoms with E-state index >= 15 is 8.78 Å². The van der Waals surface area contributed by atoms with Crippen LogP contribution in [0.5, 0.6) is 34.5 Å². The fourth-order valence-corrected chi connectivity index (χ4v) is 4.81. The molecular formula is C29H37F2NO9. The molecule has 2 aromatic rings. The standard InChI is InChI=1S/C29H37F2NO9/c1-35-21-14-18(15-22(36-2)25(21)39-5)10-9-13-41-27(33)20-11-7-8-12-32(20)28(34)29(30,31)19-16-23(37-3)26(40-6)24(17-19)38-4/h14-17,20H,7-13H2,1-6H3. The van der Waals surface area contributed by atoms with E-state index in [1.165, 1.54) is 42.7 Å². The average Bonchev–Trinajstić information content (AvgIpc) is 3.00. The van der Waals surface area contributed by atoms with Crippen molar-refractivity contribution in [2.24, 2.45) is 0 Å². The zero-order valence-corrected chi connectivity index (χ0v) is 24.2. The van der Waals surface area contributed by atoms with E-state index in [1.807, 2.05) is 0 Å². The first-order chi connectivity index (χ1) is 19.7. The van der Waals surface area contributed by atoms with Gasteiger partial charge in [-0.25, -0.2) is 4.79 Å². The number of halogens is 2. The number of aryl methyl sites for hydroxylation is 1. The van der Waals surface area contributed by atoms with Gasteiger partial charge in [-0.1, -0.05) is 0 Å². The predicted molar refractivity (Wildman–Crippen MR) is 145 cm³/mol. The maximum Gasteiger partial charge on any atom is 0.350 e. The van der Waals surface area contributed by atoms with E-state index < -0.39 is 29.4 Å². The minimum Gasteiger partial charge on any atom is -0.493 e. The molecule has 1 heterocycles. The van der Waals surface area contributed by atoms with Gasteiger partial charge in [0.2, 0.25) is 11.5 Å². The molecule has 0 saturated carbocycles. The largest absolute Gasteiger partial charge is 0.493 e. The Morgan fingerprint density at radius 3 is 1.80 bits per heavy atom. The summed E-state index contributed by atoms with van der Waals surface area (Å²) in [7, 11) is 8.48. The van der Waals surface area contributed by atoms with Gasteiger partial charge in [0.1, 0.15) is 6.04 Å². The van der Waals surface area contributed by atoms with Crippen LogP contribution in [0.1, 0.15) is 36.8 Å². The van der Waals surface area contributed by atoms with Crippen molar-refractivity contribution in [3.05, 3.63) is 35.4 Å². The normalized spacial score (nSPS) is 15.1. The van der Waals surface area contributed by atoms with Gasteiger partial charge in [-0.05, 0) is 61.9 Å². The molecule has 0 aromatic heterocycles. The van der Waals surface area contributed by atoms with E-state index in [9.17, 15) is 9.59 Å². The monoisotopic (exact) mass is 581 g/mol.